The number of pyridine rings is 1. The maximum atomic E-state index is 13.7. The van der Waals surface area contributed by atoms with Gasteiger partial charge in [-0.25, -0.2) is 19.6 Å². The van der Waals surface area contributed by atoms with Crippen molar-refractivity contribution in [2.75, 3.05) is 10.7 Å². The van der Waals surface area contributed by atoms with Gasteiger partial charge in [-0.15, -0.1) is 0 Å². The van der Waals surface area contributed by atoms with Crippen LogP contribution >= 0.6 is 0 Å². The maximum Gasteiger partial charge on any atom is 0.178 e. The fraction of sp³-hybridized carbons (Fsp3) is 0.214. The van der Waals surface area contributed by atoms with Gasteiger partial charge in [0.05, 0.1) is 6.04 Å². The molecule has 1 unspecified atom stereocenters. The Morgan fingerprint density at radius 2 is 1.80 bits per heavy atom. The van der Waals surface area contributed by atoms with Gasteiger partial charge in [-0.1, -0.05) is 24.3 Å². The zero-order valence-corrected chi connectivity index (χ0v) is 11.2. The Kier molecular flexibility index (Phi) is 4.14. The van der Waals surface area contributed by atoms with Crippen LogP contribution in [0.3, 0.4) is 0 Å². The van der Waals surface area contributed by atoms with Crippen LogP contribution in [0.2, 0.25) is 0 Å². The molecule has 0 aliphatic carbocycles. The molecule has 1 atom stereocenters. The summed E-state index contributed by atoms with van der Waals surface area (Å²) in [6, 6.07) is 8.32. The van der Waals surface area contributed by atoms with Crippen LogP contribution in [-0.4, -0.2) is 4.98 Å². The number of nitrogen functional groups attached to an aromatic ring is 1. The summed E-state index contributed by atoms with van der Waals surface area (Å²) in [6.45, 7) is 3.84. The Bertz CT molecular complexity index is 616. The van der Waals surface area contributed by atoms with E-state index < -0.39 is 11.6 Å². The molecular weight excluding hydrogens is 262 g/mol. The summed E-state index contributed by atoms with van der Waals surface area (Å²) in [6.07, 6.45) is 0. The summed E-state index contributed by atoms with van der Waals surface area (Å²) in [5.74, 6) is 3.29. The lowest BCUT2D eigenvalue weighted by Crippen LogP contribution is -2.15. The van der Waals surface area contributed by atoms with Crippen LogP contribution in [0.25, 0.3) is 0 Å². The molecule has 20 heavy (non-hydrogen) atoms. The third-order valence-electron chi connectivity index (χ3n) is 3.07. The van der Waals surface area contributed by atoms with E-state index in [0.29, 0.717) is 0 Å². The summed E-state index contributed by atoms with van der Waals surface area (Å²) in [4.78, 5) is 3.79. The van der Waals surface area contributed by atoms with Crippen LogP contribution in [0.15, 0.2) is 30.3 Å². The second-order valence-electron chi connectivity index (χ2n) is 4.52. The molecule has 0 saturated heterocycles. The Hall–Kier alpha value is -2.21. The average Bonchev–Trinajstić information content (AvgIpc) is 2.42. The van der Waals surface area contributed by atoms with Gasteiger partial charge in [0.1, 0.15) is 0 Å². The first-order valence-corrected chi connectivity index (χ1v) is 6.17. The van der Waals surface area contributed by atoms with Crippen molar-refractivity contribution in [2.24, 2.45) is 5.84 Å². The molecule has 0 fully saturated rings. The number of hydrogen-bond acceptors (Lipinski definition) is 4. The Morgan fingerprint density at radius 1 is 1.15 bits per heavy atom. The number of hydrazine groups is 1. The SMILES string of the molecule is Cc1ccccc1C(C)Nc1nc(NN)c(F)cc1F. The average molecular weight is 278 g/mol. The van der Waals surface area contributed by atoms with Crippen LogP contribution in [0, 0.1) is 18.6 Å². The Balaban J connectivity index is 2.28. The first-order chi connectivity index (χ1) is 9.52. The van der Waals surface area contributed by atoms with Crippen molar-refractivity contribution >= 4 is 11.6 Å². The first-order valence-electron chi connectivity index (χ1n) is 6.17. The van der Waals surface area contributed by atoms with E-state index in [9.17, 15) is 8.78 Å². The molecule has 0 radical (unpaired) electrons. The lowest BCUT2D eigenvalue weighted by molar-refractivity contribution is 0.576. The molecule has 6 heteroatoms. The van der Waals surface area contributed by atoms with Gasteiger partial charge in [-0.2, -0.15) is 0 Å². The first kappa shape index (κ1) is 14.2. The Labute approximate surface area is 116 Å². The third-order valence-corrected chi connectivity index (χ3v) is 3.07. The van der Waals surface area contributed by atoms with E-state index in [0.717, 1.165) is 17.2 Å². The molecular formula is C14H16F2N4. The van der Waals surface area contributed by atoms with E-state index in [-0.39, 0.29) is 17.7 Å². The fourth-order valence-corrected chi connectivity index (χ4v) is 2.02. The van der Waals surface area contributed by atoms with Crippen molar-refractivity contribution < 1.29 is 8.78 Å². The summed E-state index contributed by atoms with van der Waals surface area (Å²) < 4.78 is 27.0. The monoisotopic (exact) mass is 278 g/mol. The molecule has 106 valence electrons. The van der Waals surface area contributed by atoms with E-state index >= 15 is 0 Å². The van der Waals surface area contributed by atoms with Gasteiger partial charge in [0.15, 0.2) is 23.3 Å². The van der Waals surface area contributed by atoms with Gasteiger partial charge in [0.2, 0.25) is 0 Å². The second-order valence-corrected chi connectivity index (χ2v) is 4.52. The molecule has 0 aliphatic heterocycles. The smallest absolute Gasteiger partial charge is 0.178 e. The van der Waals surface area contributed by atoms with Crippen molar-refractivity contribution in [3.63, 3.8) is 0 Å². The molecule has 2 aromatic rings. The summed E-state index contributed by atoms with van der Waals surface area (Å²) in [5, 5.41) is 2.92. The Morgan fingerprint density at radius 3 is 2.45 bits per heavy atom. The minimum atomic E-state index is -0.834. The lowest BCUT2D eigenvalue weighted by Gasteiger charge is -2.18. The van der Waals surface area contributed by atoms with E-state index in [1.54, 1.807) is 0 Å². The molecule has 0 saturated carbocycles. The van der Waals surface area contributed by atoms with Gasteiger partial charge < -0.3 is 10.7 Å². The van der Waals surface area contributed by atoms with Crippen LogP contribution in [0.5, 0.6) is 0 Å². The summed E-state index contributed by atoms with van der Waals surface area (Å²) in [7, 11) is 0. The van der Waals surface area contributed by atoms with Gasteiger partial charge in [0, 0.05) is 6.07 Å². The van der Waals surface area contributed by atoms with E-state index in [1.807, 2.05) is 38.1 Å². The van der Waals surface area contributed by atoms with Crippen LogP contribution in [0.4, 0.5) is 20.4 Å². The van der Waals surface area contributed by atoms with Crippen molar-refractivity contribution in [3.05, 3.63) is 53.1 Å². The molecule has 2 rings (SSSR count). The molecule has 0 bridgehead atoms. The molecule has 4 N–H and O–H groups in total. The zero-order valence-electron chi connectivity index (χ0n) is 11.2. The summed E-state index contributed by atoms with van der Waals surface area (Å²) >= 11 is 0. The topological polar surface area (TPSA) is 63.0 Å². The highest BCUT2D eigenvalue weighted by Gasteiger charge is 2.14. The lowest BCUT2D eigenvalue weighted by atomic mass is 10.0. The zero-order chi connectivity index (χ0) is 14.7. The molecule has 1 aromatic heterocycles. The van der Waals surface area contributed by atoms with Crippen LogP contribution in [-0.2, 0) is 0 Å². The van der Waals surface area contributed by atoms with Crippen molar-refractivity contribution in [2.45, 2.75) is 19.9 Å². The van der Waals surface area contributed by atoms with Gasteiger partial charge >= 0.3 is 0 Å². The van der Waals surface area contributed by atoms with E-state index in [1.165, 1.54) is 0 Å². The molecule has 0 aliphatic rings. The van der Waals surface area contributed by atoms with Gasteiger partial charge in [0.25, 0.3) is 0 Å². The quantitative estimate of drug-likeness (QED) is 0.594. The third kappa shape index (κ3) is 2.85. The summed E-state index contributed by atoms with van der Waals surface area (Å²) in [5.41, 5.74) is 4.18. The largest absolute Gasteiger partial charge is 0.361 e. The highest BCUT2D eigenvalue weighted by atomic mass is 19.1. The second kappa shape index (κ2) is 5.83. The number of hydrogen-bond donors (Lipinski definition) is 3. The van der Waals surface area contributed by atoms with Crippen LogP contribution < -0.4 is 16.6 Å². The van der Waals surface area contributed by atoms with E-state index in [4.69, 9.17) is 5.84 Å². The number of nitrogens with two attached hydrogens (primary N) is 1. The number of aromatic nitrogens is 1. The minimum absolute atomic E-state index is 0.0462. The number of nitrogens with one attached hydrogen (secondary N) is 2. The maximum absolute atomic E-state index is 13.7. The molecule has 1 heterocycles. The number of aryl methyl sites for hydroxylation is 1. The number of rotatable bonds is 4. The van der Waals surface area contributed by atoms with Crippen molar-refractivity contribution in [3.8, 4) is 0 Å². The minimum Gasteiger partial charge on any atom is -0.361 e. The predicted molar refractivity (Wildman–Crippen MR) is 75.2 cm³/mol. The van der Waals surface area contributed by atoms with Gasteiger partial charge in [-0.05, 0) is 25.0 Å². The highest BCUT2D eigenvalue weighted by Crippen LogP contribution is 2.24. The van der Waals surface area contributed by atoms with Crippen molar-refractivity contribution in [1.82, 2.24) is 4.98 Å². The number of halogens is 2. The van der Waals surface area contributed by atoms with Crippen LogP contribution in [0.1, 0.15) is 24.1 Å². The number of nitrogens with zero attached hydrogens (tertiary/aromatic N) is 1. The molecule has 1 aromatic carbocycles. The van der Waals surface area contributed by atoms with Crippen molar-refractivity contribution in [1.29, 1.82) is 0 Å². The fourth-order valence-electron chi connectivity index (χ4n) is 2.02. The molecule has 4 nitrogen and oxygen atoms in total. The van der Waals surface area contributed by atoms with Gasteiger partial charge in [-0.3, -0.25) is 0 Å². The molecule has 0 spiro atoms. The molecule has 0 amide bonds. The van der Waals surface area contributed by atoms with E-state index in [2.05, 4.69) is 15.7 Å². The predicted octanol–water partition coefficient (Wildman–Crippen LogP) is 3.13. The highest BCUT2D eigenvalue weighted by molar-refractivity contribution is 5.48. The number of anilines is 2. The normalized spacial score (nSPS) is 12.1. The number of benzene rings is 1. The standard InChI is InChI=1S/C14H16F2N4/c1-8-5-3-4-6-10(8)9(2)18-13-11(15)7-12(16)14(19-13)20-17/h3-7,9H,17H2,1-2H3,(H2,18,19,20).